The Morgan fingerprint density at radius 3 is 1.88 bits per heavy atom. The number of aliphatic hydroxyl groups is 2. The highest BCUT2D eigenvalue weighted by Crippen LogP contribution is 2.46. The average molecular weight is 400 g/mol. The summed E-state index contributed by atoms with van der Waals surface area (Å²) in [6.45, 7) is 2.06. The Balaban J connectivity index is 2.58. The predicted molar refractivity (Wildman–Crippen MR) is 88.2 cm³/mol. The van der Waals surface area contributed by atoms with E-state index in [9.17, 15) is 29.9 Å². The van der Waals surface area contributed by atoms with Gasteiger partial charge in [0.05, 0.1) is 0 Å². The summed E-state index contributed by atoms with van der Waals surface area (Å²) in [5.74, 6) is -2.26. The Kier molecular flexibility index (Phi) is 4.94. The molecule has 4 atom stereocenters. The van der Waals surface area contributed by atoms with Crippen molar-refractivity contribution in [2.24, 2.45) is 0 Å². The highest BCUT2D eigenvalue weighted by molar-refractivity contribution is 9.10. The van der Waals surface area contributed by atoms with Crippen molar-refractivity contribution in [3.05, 3.63) is 44.4 Å². The molecule has 1 aliphatic rings. The number of halogens is 1. The Morgan fingerprint density at radius 2 is 1.54 bits per heavy atom. The molecule has 2 rings (SSSR count). The van der Waals surface area contributed by atoms with Crippen LogP contribution in [0.1, 0.15) is 38.2 Å². The van der Waals surface area contributed by atoms with Crippen LogP contribution in [0.4, 0.5) is 0 Å². The van der Waals surface area contributed by atoms with Crippen molar-refractivity contribution in [1.29, 1.82) is 0 Å². The molecule has 0 heterocycles. The minimum Gasteiger partial charge on any atom is -0.376 e. The fraction of sp³-hybridized carbons (Fsp3) is 0.500. The van der Waals surface area contributed by atoms with Crippen LogP contribution < -0.4 is 0 Å². The smallest absolute Gasteiger partial charge is 0.283 e. The van der Waals surface area contributed by atoms with E-state index in [-0.39, 0.29) is 12.8 Å². The molecule has 0 aliphatic heterocycles. The lowest BCUT2D eigenvalue weighted by atomic mass is 9.62. The topological polar surface area (TPSA) is 118 Å². The second-order valence-corrected chi connectivity index (χ2v) is 7.22. The first-order valence-electron chi connectivity index (χ1n) is 7.38. The number of benzene rings is 1. The Bertz CT molecular complexity index is 660. The third kappa shape index (κ3) is 3.01. The highest BCUT2D eigenvalue weighted by atomic mass is 79.9. The van der Waals surface area contributed by atoms with Crippen LogP contribution in [-0.4, -0.2) is 43.9 Å². The van der Waals surface area contributed by atoms with Gasteiger partial charge >= 0.3 is 0 Å². The zero-order valence-corrected chi connectivity index (χ0v) is 14.8. The monoisotopic (exact) mass is 399 g/mol. The Labute approximate surface area is 147 Å². The minimum atomic E-state index is -2.42. The van der Waals surface area contributed by atoms with E-state index >= 15 is 0 Å². The van der Waals surface area contributed by atoms with Gasteiger partial charge < -0.3 is 10.2 Å². The molecule has 1 aliphatic carbocycles. The van der Waals surface area contributed by atoms with Crippen LogP contribution >= 0.6 is 15.9 Å². The molecule has 0 bridgehead atoms. The van der Waals surface area contributed by atoms with E-state index in [4.69, 9.17) is 0 Å². The predicted octanol–water partition coefficient (Wildman–Crippen LogP) is 1.61. The number of nitrogens with zero attached hydrogens (tertiary/aromatic N) is 1. The molecular formula is C16H18BrNO6. The average Bonchev–Trinajstić information content (AvgIpc) is 2.46. The molecule has 7 nitrogen and oxygen atoms in total. The maximum atomic E-state index is 12.0. The summed E-state index contributed by atoms with van der Waals surface area (Å²) in [7, 11) is 0. The largest absolute Gasteiger partial charge is 0.376 e. The molecular weight excluding hydrogens is 382 g/mol. The van der Waals surface area contributed by atoms with Gasteiger partial charge in [0.2, 0.25) is 0 Å². The van der Waals surface area contributed by atoms with E-state index < -0.39 is 39.7 Å². The molecule has 8 heteroatoms. The molecule has 24 heavy (non-hydrogen) atoms. The third-order valence-corrected chi connectivity index (χ3v) is 5.32. The van der Waals surface area contributed by atoms with Gasteiger partial charge in [-0.1, -0.05) is 28.1 Å². The summed E-state index contributed by atoms with van der Waals surface area (Å²) in [4.78, 5) is 34.5. The molecule has 0 saturated heterocycles. The van der Waals surface area contributed by atoms with Crippen LogP contribution in [-0.2, 0) is 9.59 Å². The van der Waals surface area contributed by atoms with Crippen LogP contribution in [0.25, 0.3) is 0 Å². The SMILES string of the molecule is CC(=O)[C@]1(O)CC(c2ccc(Br)cc2)C[C@](O)(C(C)=O)C1[N+](=O)[O-]. The van der Waals surface area contributed by atoms with Crippen molar-refractivity contribution in [2.75, 3.05) is 0 Å². The number of ketones is 2. The fourth-order valence-electron chi connectivity index (χ4n) is 3.43. The lowest BCUT2D eigenvalue weighted by Gasteiger charge is -2.45. The van der Waals surface area contributed by atoms with Gasteiger partial charge in [0.1, 0.15) is 0 Å². The lowest BCUT2D eigenvalue weighted by Crippen LogP contribution is -2.69. The summed E-state index contributed by atoms with van der Waals surface area (Å²) >= 11 is 3.29. The van der Waals surface area contributed by atoms with E-state index in [1.54, 1.807) is 24.3 Å². The molecule has 2 N–H and O–H groups in total. The van der Waals surface area contributed by atoms with E-state index in [0.29, 0.717) is 5.56 Å². The lowest BCUT2D eigenvalue weighted by molar-refractivity contribution is -0.564. The summed E-state index contributed by atoms with van der Waals surface area (Å²) < 4.78 is 0.814. The standard InChI is InChI=1S/C16H18BrNO6/c1-9(19)15(21)7-12(11-3-5-13(17)6-4-11)8-16(22,10(2)20)14(15)18(23)24/h3-6,12,14,21-22H,7-8H2,1-2H3/t12?,14?,15-,16+. The first kappa shape index (κ1) is 18.7. The number of hydrogen-bond acceptors (Lipinski definition) is 6. The molecule has 0 radical (unpaired) electrons. The van der Waals surface area contributed by atoms with Crippen molar-refractivity contribution < 1.29 is 24.7 Å². The zero-order chi connectivity index (χ0) is 18.3. The number of rotatable bonds is 4. The molecule has 1 fully saturated rings. The maximum Gasteiger partial charge on any atom is 0.283 e. The first-order chi connectivity index (χ1) is 11.0. The van der Waals surface area contributed by atoms with E-state index in [1.807, 2.05) is 0 Å². The molecule has 2 unspecified atom stereocenters. The van der Waals surface area contributed by atoms with E-state index in [2.05, 4.69) is 15.9 Å². The minimum absolute atomic E-state index is 0.231. The van der Waals surface area contributed by atoms with Crippen molar-refractivity contribution in [3.8, 4) is 0 Å². The van der Waals surface area contributed by atoms with Crippen molar-refractivity contribution in [1.82, 2.24) is 0 Å². The third-order valence-electron chi connectivity index (χ3n) is 4.79. The maximum absolute atomic E-state index is 12.0. The van der Waals surface area contributed by atoms with Crippen LogP contribution in [0.15, 0.2) is 28.7 Å². The molecule has 0 aromatic heterocycles. The fourth-order valence-corrected chi connectivity index (χ4v) is 3.70. The van der Waals surface area contributed by atoms with Crippen LogP contribution in [0.2, 0.25) is 0 Å². The van der Waals surface area contributed by atoms with Crippen molar-refractivity contribution >= 4 is 27.5 Å². The van der Waals surface area contributed by atoms with Gasteiger partial charge in [-0.2, -0.15) is 0 Å². The number of carbonyl (C=O) groups excluding carboxylic acids is 2. The van der Waals surface area contributed by atoms with Crippen LogP contribution in [0.5, 0.6) is 0 Å². The van der Waals surface area contributed by atoms with Gasteiger partial charge in [-0.3, -0.25) is 19.7 Å². The van der Waals surface area contributed by atoms with Gasteiger partial charge in [-0.05, 0) is 50.3 Å². The second-order valence-electron chi connectivity index (χ2n) is 6.31. The summed E-state index contributed by atoms with van der Waals surface area (Å²) in [5.41, 5.74) is -4.15. The molecule has 0 amide bonds. The van der Waals surface area contributed by atoms with E-state index in [1.165, 1.54) is 0 Å². The number of hydrogen-bond donors (Lipinski definition) is 2. The molecule has 1 aromatic carbocycles. The zero-order valence-electron chi connectivity index (χ0n) is 13.2. The molecule has 0 spiro atoms. The first-order valence-corrected chi connectivity index (χ1v) is 8.17. The van der Waals surface area contributed by atoms with Gasteiger partial charge in [-0.25, -0.2) is 0 Å². The van der Waals surface area contributed by atoms with E-state index in [0.717, 1.165) is 18.3 Å². The summed E-state index contributed by atoms with van der Waals surface area (Å²) in [6.07, 6.45) is -0.462. The van der Waals surface area contributed by atoms with Gasteiger partial charge in [0.25, 0.3) is 6.04 Å². The number of carbonyl (C=O) groups is 2. The second kappa shape index (κ2) is 6.34. The summed E-state index contributed by atoms with van der Waals surface area (Å²) in [5, 5.41) is 32.9. The molecule has 130 valence electrons. The normalized spacial score (nSPS) is 33.0. The number of nitro groups is 1. The van der Waals surface area contributed by atoms with Gasteiger partial charge in [0, 0.05) is 9.40 Å². The Hall–Kier alpha value is -1.64. The highest BCUT2D eigenvalue weighted by Gasteiger charge is 2.67. The van der Waals surface area contributed by atoms with Gasteiger partial charge in [-0.15, -0.1) is 0 Å². The molecule has 1 saturated carbocycles. The summed E-state index contributed by atoms with van der Waals surface area (Å²) in [6, 6.07) is 4.85. The van der Waals surface area contributed by atoms with Gasteiger partial charge in [0.15, 0.2) is 22.8 Å². The Morgan fingerprint density at radius 1 is 1.12 bits per heavy atom. The van der Waals surface area contributed by atoms with Crippen molar-refractivity contribution in [2.45, 2.75) is 49.9 Å². The van der Waals surface area contributed by atoms with Crippen LogP contribution in [0.3, 0.4) is 0 Å². The van der Waals surface area contributed by atoms with Crippen molar-refractivity contribution in [3.63, 3.8) is 0 Å². The number of Topliss-reactive ketones (excluding diaryl/α,β-unsaturated/α-hetero) is 2. The molecule has 1 aromatic rings. The quantitative estimate of drug-likeness (QED) is 0.586. The van der Waals surface area contributed by atoms with Crippen LogP contribution in [0, 0.1) is 10.1 Å².